The quantitative estimate of drug-likeness (QED) is 0.405. The summed E-state index contributed by atoms with van der Waals surface area (Å²) in [6, 6.07) is 22.1. The number of ether oxygens (including phenoxy) is 1. The van der Waals surface area contributed by atoms with Crippen LogP contribution in [0.1, 0.15) is 22.3 Å². The Hall–Kier alpha value is -3.18. The second kappa shape index (κ2) is 8.67. The third-order valence-electron chi connectivity index (χ3n) is 5.07. The third kappa shape index (κ3) is 4.21. The van der Waals surface area contributed by atoms with Crippen molar-refractivity contribution in [1.82, 2.24) is 4.98 Å². The van der Waals surface area contributed by atoms with Crippen LogP contribution in [0.25, 0.3) is 10.2 Å². The van der Waals surface area contributed by atoms with Crippen molar-refractivity contribution in [3.05, 3.63) is 89.0 Å². The Morgan fingerprint density at radius 3 is 2.50 bits per heavy atom. The molecule has 1 heterocycles. The number of amides is 1. The summed E-state index contributed by atoms with van der Waals surface area (Å²) in [5.74, 6) is 0.754. The first-order valence-corrected chi connectivity index (χ1v) is 10.7. The molecule has 0 aliphatic carbocycles. The van der Waals surface area contributed by atoms with Gasteiger partial charge in [-0.1, -0.05) is 77.6 Å². The van der Waals surface area contributed by atoms with E-state index in [1.54, 1.807) is 12.0 Å². The van der Waals surface area contributed by atoms with Crippen LogP contribution in [0.15, 0.2) is 66.7 Å². The topological polar surface area (TPSA) is 42.4 Å². The Labute approximate surface area is 180 Å². The van der Waals surface area contributed by atoms with Gasteiger partial charge >= 0.3 is 0 Å². The lowest BCUT2D eigenvalue weighted by Gasteiger charge is -2.20. The smallest absolute Gasteiger partial charge is 0.233 e. The molecule has 4 rings (SSSR count). The Balaban J connectivity index is 1.74. The largest absolute Gasteiger partial charge is 0.494 e. The molecule has 0 saturated heterocycles. The molecule has 152 valence electrons. The minimum Gasteiger partial charge on any atom is -0.494 e. The van der Waals surface area contributed by atoms with Crippen LogP contribution >= 0.6 is 11.3 Å². The van der Waals surface area contributed by atoms with Gasteiger partial charge in [0.15, 0.2) is 5.13 Å². The number of anilines is 1. The zero-order chi connectivity index (χ0) is 21.1. The van der Waals surface area contributed by atoms with Crippen molar-refractivity contribution >= 4 is 32.6 Å². The van der Waals surface area contributed by atoms with E-state index < -0.39 is 0 Å². The minimum absolute atomic E-state index is 0.0279. The molecule has 1 aromatic heterocycles. The third-order valence-corrected chi connectivity index (χ3v) is 6.28. The van der Waals surface area contributed by atoms with Gasteiger partial charge < -0.3 is 4.74 Å². The van der Waals surface area contributed by atoms with E-state index in [-0.39, 0.29) is 5.91 Å². The molecule has 0 spiro atoms. The van der Waals surface area contributed by atoms with Gasteiger partial charge in [-0.05, 0) is 36.6 Å². The summed E-state index contributed by atoms with van der Waals surface area (Å²) in [4.78, 5) is 20.0. The van der Waals surface area contributed by atoms with E-state index in [1.165, 1.54) is 11.3 Å². The molecule has 0 saturated carbocycles. The van der Waals surface area contributed by atoms with Gasteiger partial charge in [0.2, 0.25) is 5.91 Å². The summed E-state index contributed by atoms with van der Waals surface area (Å²) in [7, 11) is 1.65. The van der Waals surface area contributed by atoms with Crippen LogP contribution in [0.4, 0.5) is 5.13 Å². The normalized spacial score (nSPS) is 10.9. The summed E-state index contributed by atoms with van der Waals surface area (Å²) in [5, 5.41) is 0.694. The molecular weight excluding hydrogens is 392 g/mol. The van der Waals surface area contributed by atoms with Crippen molar-refractivity contribution in [2.75, 3.05) is 12.0 Å². The molecule has 5 heteroatoms. The first kappa shape index (κ1) is 20.1. The van der Waals surface area contributed by atoms with E-state index in [9.17, 15) is 4.79 Å². The van der Waals surface area contributed by atoms with Crippen LogP contribution in [0.5, 0.6) is 5.75 Å². The fourth-order valence-corrected chi connectivity index (χ4v) is 4.57. The number of methoxy groups -OCH3 is 1. The van der Waals surface area contributed by atoms with Crippen LogP contribution < -0.4 is 9.64 Å². The molecule has 0 N–H and O–H groups in total. The van der Waals surface area contributed by atoms with E-state index in [4.69, 9.17) is 9.72 Å². The highest BCUT2D eigenvalue weighted by Gasteiger charge is 2.22. The van der Waals surface area contributed by atoms with Gasteiger partial charge in [0.05, 0.1) is 24.8 Å². The van der Waals surface area contributed by atoms with Crippen molar-refractivity contribution < 1.29 is 9.53 Å². The average molecular weight is 417 g/mol. The first-order valence-electron chi connectivity index (χ1n) is 9.89. The molecule has 4 aromatic rings. The number of hydrogen-bond donors (Lipinski definition) is 0. The minimum atomic E-state index is 0.0279. The molecule has 1 amide bonds. The lowest BCUT2D eigenvalue weighted by molar-refractivity contribution is -0.118. The van der Waals surface area contributed by atoms with Crippen LogP contribution in [0, 0.1) is 13.8 Å². The molecule has 3 aromatic carbocycles. The number of carbonyl (C=O) groups is 1. The SMILES string of the molecule is COc1ccc(C)c2sc(N(Cc3ccccc3)C(=O)Cc3cccc(C)c3)nc12. The van der Waals surface area contributed by atoms with E-state index in [2.05, 4.69) is 13.0 Å². The number of nitrogens with zero attached hydrogens (tertiary/aromatic N) is 2. The lowest BCUT2D eigenvalue weighted by Crippen LogP contribution is -2.31. The predicted octanol–water partition coefficient (Wildman–Crippen LogP) is 5.70. The van der Waals surface area contributed by atoms with Crippen LogP contribution in [0.2, 0.25) is 0 Å². The van der Waals surface area contributed by atoms with Crippen LogP contribution in [-0.4, -0.2) is 18.0 Å². The lowest BCUT2D eigenvalue weighted by atomic mass is 10.1. The molecular formula is C25H24N2O2S. The zero-order valence-corrected chi connectivity index (χ0v) is 18.2. The summed E-state index contributed by atoms with van der Waals surface area (Å²) in [5.41, 5.74) is 5.15. The number of carbonyl (C=O) groups excluding carboxylic acids is 1. The van der Waals surface area contributed by atoms with Crippen molar-refractivity contribution in [2.24, 2.45) is 0 Å². The Bertz CT molecular complexity index is 1180. The molecule has 0 atom stereocenters. The standard InChI is InChI=1S/C25H24N2O2S/c1-17-8-7-11-20(14-17)15-22(28)27(16-19-9-5-4-6-10-19)25-26-23-21(29-3)13-12-18(2)24(23)30-25/h4-14H,15-16H2,1-3H3. The first-order chi connectivity index (χ1) is 14.5. The number of aryl methyl sites for hydroxylation is 2. The fraction of sp³-hybridized carbons (Fsp3) is 0.200. The number of aromatic nitrogens is 1. The maximum absolute atomic E-state index is 13.4. The van der Waals surface area contributed by atoms with Gasteiger partial charge in [-0.25, -0.2) is 4.98 Å². The van der Waals surface area contributed by atoms with Crippen molar-refractivity contribution in [2.45, 2.75) is 26.8 Å². The molecule has 0 aliphatic heterocycles. The van der Waals surface area contributed by atoms with E-state index in [0.29, 0.717) is 18.1 Å². The molecule has 0 unspecified atom stereocenters. The van der Waals surface area contributed by atoms with E-state index >= 15 is 0 Å². The number of hydrogen-bond acceptors (Lipinski definition) is 4. The number of thiazole rings is 1. The summed E-state index contributed by atoms with van der Waals surface area (Å²) in [6.45, 7) is 4.57. The highest BCUT2D eigenvalue weighted by atomic mass is 32.1. The van der Waals surface area contributed by atoms with Crippen molar-refractivity contribution in [3.63, 3.8) is 0 Å². The second-order valence-corrected chi connectivity index (χ2v) is 8.37. The highest BCUT2D eigenvalue weighted by Crippen LogP contribution is 2.37. The van der Waals surface area contributed by atoms with Gasteiger partial charge in [0.25, 0.3) is 0 Å². The van der Waals surface area contributed by atoms with Crippen LogP contribution in [0.3, 0.4) is 0 Å². The highest BCUT2D eigenvalue weighted by molar-refractivity contribution is 7.22. The van der Waals surface area contributed by atoms with Gasteiger partial charge in [-0.15, -0.1) is 0 Å². The molecule has 0 fully saturated rings. The summed E-state index contributed by atoms with van der Waals surface area (Å²) >= 11 is 1.54. The maximum atomic E-state index is 13.4. The van der Waals surface area contributed by atoms with Crippen molar-refractivity contribution in [3.8, 4) is 5.75 Å². The van der Waals surface area contributed by atoms with Crippen molar-refractivity contribution in [1.29, 1.82) is 0 Å². The zero-order valence-electron chi connectivity index (χ0n) is 17.4. The monoisotopic (exact) mass is 416 g/mol. The van der Waals surface area contributed by atoms with E-state index in [0.717, 1.165) is 38.2 Å². The molecule has 0 aliphatic rings. The molecule has 0 bridgehead atoms. The summed E-state index contributed by atoms with van der Waals surface area (Å²) < 4.78 is 6.55. The Kier molecular flexibility index (Phi) is 5.81. The molecule has 4 nitrogen and oxygen atoms in total. The van der Waals surface area contributed by atoms with Gasteiger partial charge in [0.1, 0.15) is 11.3 Å². The fourth-order valence-electron chi connectivity index (χ4n) is 3.50. The predicted molar refractivity (Wildman–Crippen MR) is 123 cm³/mol. The maximum Gasteiger partial charge on any atom is 0.233 e. The van der Waals surface area contributed by atoms with Gasteiger partial charge in [-0.2, -0.15) is 0 Å². The average Bonchev–Trinajstić information content (AvgIpc) is 3.19. The number of fused-ring (bicyclic) bond motifs is 1. The van der Waals surface area contributed by atoms with Gasteiger partial charge in [-0.3, -0.25) is 9.69 Å². The van der Waals surface area contributed by atoms with Gasteiger partial charge in [0, 0.05) is 0 Å². The number of rotatable bonds is 6. The van der Waals surface area contributed by atoms with Crippen LogP contribution in [-0.2, 0) is 17.8 Å². The van der Waals surface area contributed by atoms with E-state index in [1.807, 2.05) is 67.6 Å². The Morgan fingerprint density at radius 2 is 1.77 bits per heavy atom. The second-order valence-electron chi connectivity index (χ2n) is 7.39. The molecule has 0 radical (unpaired) electrons. The Morgan fingerprint density at radius 1 is 1.00 bits per heavy atom. The summed E-state index contributed by atoms with van der Waals surface area (Å²) in [6.07, 6.45) is 0.334. The molecule has 30 heavy (non-hydrogen) atoms. The number of benzene rings is 3.